The molecular formula is C52H35N3O. The summed E-state index contributed by atoms with van der Waals surface area (Å²) in [5, 5.41) is 1.25. The van der Waals surface area contributed by atoms with Crippen molar-refractivity contribution in [3.05, 3.63) is 199 Å². The maximum atomic E-state index is 9.79. The van der Waals surface area contributed by atoms with Crippen LogP contribution in [0.5, 0.6) is 0 Å². The van der Waals surface area contributed by atoms with E-state index in [-0.39, 0.29) is 22.3 Å². The van der Waals surface area contributed by atoms with E-state index in [0.717, 1.165) is 11.1 Å². The second-order valence-corrected chi connectivity index (χ2v) is 12.4. The number of benzene rings is 8. The van der Waals surface area contributed by atoms with Crippen molar-refractivity contribution in [2.24, 2.45) is 0 Å². The van der Waals surface area contributed by atoms with Gasteiger partial charge in [0.2, 0.25) is 0 Å². The summed E-state index contributed by atoms with van der Waals surface area (Å²) in [6, 6.07) is 3.50. The van der Waals surface area contributed by atoms with Gasteiger partial charge in [-0.1, -0.05) is 193 Å². The van der Waals surface area contributed by atoms with Gasteiger partial charge in [0.1, 0.15) is 11.2 Å². The molecule has 0 spiro atoms. The van der Waals surface area contributed by atoms with Crippen LogP contribution in [0.1, 0.15) is 34.3 Å². The lowest BCUT2D eigenvalue weighted by Gasteiger charge is -2.11. The highest BCUT2D eigenvalue weighted by Gasteiger charge is 2.18. The van der Waals surface area contributed by atoms with Gasteiger partial charge in [-0.05, 0) is 46.3 Å². The van der Waals surface area contributed by atoms with E-state index in [1.165, 1.54) is 6.92 Å². The summed E-state index contributed by atoms with van der Waals surface area (Å²) in [5.41, 5.74) is -2.36. The van der Waals surface area contributed by atoms with Gasteiger partial charge in [0.15, 0.2) is 17.5 Å². The minimum Gasteiger partial charge on any atom is -0.455 e. The van der Waals surface area contributed by atoms with Crippen LogP contribution in [0.4, 0.5) is 0 Å². The molecule has 4 nitrogen and oxygen atoms in total. The zero-order chi connectivity index (χ0) is 55.7. The molecule has 0 bridgehead atoms. The Bertz CT molecular complexity index is 3990. The van der Waals surface area contributed by atoms with Gasteiger partial charge < -0.3 is 4.42 Å². The molecule has 0 amide bonds. The van der Waals surface area contributed by atoms with Gasteiger partial charge in [0.25, 0.3) is 0 Å². The highest BCUT2D eigenvalue weighted by atomic mass is 16.3. The molecule has 0 unspecified atom stereocenters. The summed E-state index contributed by atoms with van der Waals surface area (Å²) < 4.78 is 193. The third-order valence-electron chi connectivity index (χ3n) is 8.81. The van der Waals surface area contributed by atoms with Crippen molar-refractivity contribution in [1.82, 2.24) is 15.0 Å². The Morgan fingerprint density at radius 2 is 0.857 bits per heavy atom. The molecule has 2 aromatic heterocycles. The third-order valence-corrected chi connectivity index (χ3v) is 8.81. The molecule has 56 heavy (non-hydrogen) atoms. The van der Waals surface area contributed by atoms with Gasteiger partial charge in [-0.25, -0.2) is 15.0 Å². The standard InChI is InChI=1S/C52H35N3O/c1-34-12-8-17-41(32-34)37-26-30-40(31-27-37)51-53-50(39-28-24-36(25-29-39)35-13-4-2-5-14-35)54-52(55-51)43-19-9-18-42(33-43)45-21-11-23-47-46-22-10-20-44(48(46)56-49(45)47)38-15-6-3-7-16-38/h2-33H,1H3/i2D,4D,5D,8D,9D,12D,13D,14D,17D,18D,19D,24D,25D,26D,27D,28D,29D,30D,31D,32D,33D. The molecule has 0 saturated carbocycles. The molecule has 0 fully saturated rings. The Balaban J connectivity index is 1.28. The first-order chi connectivity index (χ1) is 36.4. The van der Waals surface area contributed by atoms with E-state index in [9.17, 15) is 12.3 Å². The second-order valence-electron chi connectivity index (χ2n) is 12.4. The number of hydrogen-bond acceptors (Lipinski definition) is 4. The summed E-state index contributed by atoms with van der Waals surface area (Å²) in [5.74, 6) is -2.27. The van der Waals surface area contributed by atoms with E-state index in [1.54, 1.807) is 18.2 Å². The number of aromatic nitrogens is 3. The fourth-order valence-electron chi connectivity index (χ4n) is 6.20. The summed E-state index contributed by atoms with van der Waals surface area (Å²) in [4.78, 5) is 13.3. The Morgan fingerprint density at radius 1 is 0.375 bits per heavy atom. The van der Waals surface area contributed by atoms with Crippen molar-refractivity contribution in [1.29, 1.82) is 0 Å². The zero-order valence-corrected chi connectivity index (χ0v) is 29.1. The fourth-order valence-corrected chi connectivity index (χ4v) is 6.20. The molecule has 0 N–H and O–H groups in total. The predicted molar refractivity (Wildman–Crippen MR) is 230 cm³/mol. The molecule has 10 aromatic rings. The van der Waals surface area contributed by atoms with E-state index in [2.05, 4.69) is 15.0 Å². The third kappa shape index (κ3) is 6.23. The lowest BCUT2D eigenvalue weighted by molar-refractivity contribution is 0.671. The van der Waals surface area contributed by atoms with Crippen molar-refractivity contribution < 1.29 is 33.2 Å². The Kier molecular flexibility index (Phi) is 4.48. The van der Waals surface area contributed by atoms with Crippen LogP contribution in [-0.4, -0.2) is 15.0 Å². The van der Waals surface area contributed by atoms with Gasteiger partial charge in [-0.3, -0.25) is 0 Å². The number of rotatable bonds is 7. The monoisotopic (exact) mass is 738 g/mol. The average Bonchev–Trinajstić information content (AvgIpc) is 3.84. The molecule has 2 heterocycles. The van der Waals surface area contributed by atoms with Crippen LogP contribution in [0.3, 0.4) is 0 Å². The van der Waals surface area contributed by atoms with Crippen LogP contribution in [-0.2, 0) is 0 Å². The highest BCUT2D eigenvalue weighted by molar-refractivity contribution is 6.13. The van der Waals surface area contributed by atoms with Crippen LogP contribution < -0.4 is 0 Å². The summed E-state index contributed by atoms with van der Waals surface area (Å²) in [7, 11) is 0. The average molecular weight is 739 g/mol. The Labute approximate surface area is 355 Å². The molecule has 10 rings (SSSR count). The van der Waals surface area contributed by atoms with Crippen LogP contribution in [0.2, 0.25) is 0 Å². The van der Waals surface area contributed by atoms with E-state index in [1.807, 2.05) is 48.5 Å². The Morgan fingerprint density at radius 3 is 1.50 bits per heavy atom. The van der Waals surface area contributed by atoms with Gasteiger partial charge in [-0.2, -0.15) is 0 Å². The van der Waals surface area contributed by atoms with Crippen LogP contribution in [0.15, 0.2) is 198 Å². The fraction of sp³-hybridized carbons (Fsp3) is 0.0192. The first kappa shape index (κ1) is 17.8. The first-order valence-corrected chi connectivity index (χ1v) is 17.1. The summed E-state index contributed by atoms with van der Waals surface area (Å²) >= 11 is 0. The van der Waals surface area contributed by atoms with Crippen molar-refractivity contribution in [2.75, 3.05) is 0 Å². The number of fused-ring (bicyclic) bond motifs is 3. The van der Waals surface area contributed by atoms with Gasteiger partial charge >= 0.3 is 0 Å². The molecule has 0 aliphatic rings. The molecule has 0 aliphatic heterocycles. The summed E-state index contributed by atoms with van der Waals surface area (Å²) in [6.07, 6.45) is 0. The quantitative estimate of drug-likeness (QED) is 0.163. The summed E-state index contributed by atoms with van der Waals surface area (Å²) in [6.45, 7) is 1.33. The lowest BCUT2D eigenvalue weighted by Crippen LogP contribution is -2.00. The highest BCUT2D eigenvalue weighted by Crippen LogP contribution is 2.40. The molecule has 264 valence electrons. The van der Waals surface area contributed by atoms with Crippen LogP contribution in [0.25, 0.3) is 101 Å². The Hall–Kier alpha value is -7.43. The predicted octanol–water partition coefficient (Wildman–Crippen LogP) is 13.7. The number of hydrogen-bond donors (Lipinski definition) is 0. The molecule has 0 radical (unpaired) electrons. The van der Waals surface area contributed by atoms with Gasteiger partial charge in [0, 0.05) is 38.6 Å². The van der Waals surface area contributed by atoms with Gasteiger partial charge in [0.05, 0.1) is 28.8 Å². The van der Waals surface area contributed by atoms with E-state index in [4.69, 9.17) is 20.9 Å². The molecule has 4 heteroatoms. The van der Waals surface area contributed by atoms with Crippen LogP contribution >= 0.6 is 0 Å². The number of nitrogens with zero attached hydrogens (tertiary/aromatic N) is 3. The molecule has 0 atom stereocenters. The second kappa shape index (κ2) is 14.1. The van der Waals surface area contributed by atoms with Crippen LogP contribution in [0, 0.1) is 6.92 Å². The SMILES string of the molecule is [2H]c1c([2H])c([2H])c(-c2c([2H])c([2H])c(-c3nc(-c4c([2H])c([2H])c(-c5c([2H])c([2H])c([2H])c(C)c5[2H])c([2H])c4[2H])nc(-c4c([2H])c([2H])c([2H])c(-c5cccc6c5oc5c(-c7ccccc7)cccc56)c4[2H])n3)c([2H])c2[2H])c([2H])c1[2H]. The normalized spacial score (nSPS) is 16.6. The minimum atomic E-state index is -0.942. The van der Waals surface area contributed by atoms with Gasteiger partial charge in [-0.15, -0.1) is 0 Å². The number of furan rings is 1. The largest absolute Gasteiger partial charge is 0.455 e. The number of para-hydroxylation sites is 2. The van der Waals surface area contributed by atoms with Crippen molar-refractivity contribution >= 4 is 21.9 Å². The van der Waals surface area contributed by atoms with E-state index < -0.39 is 183 Å². The maximum absolute atomic E-state index is 9.79. The smallest absolute Gasteiger partial charge is 0.164 e. The van der Waals surface area contributed by atoms with E-state index >= 15 is 0 Å². The minimum absolute atomic E-state index is 0.0797. The first-order valence-electron chi connectivity index (χ1n) is 27.6. The van der Waals surface area contributed by atoms with Crippen molar-refractivity contribution in [3.8, 4) is 78.7 Å². The maximum Gasteiger partial charge on any atom is 0.164 e. The molecule has 8 aromatic carbocycles. The van der Waals surface area contributed by atoms with E-state index in [0.29, 0.717) is 16.4 Å². The topological polar surface area (TPSA) is 51.8 Å². The molecule has 0 saturated heterocycles. The van der Waals surface area contributed by atoms with Crippen molar-refractivity contribution in [2.45, 2.75) is 6.92 Å². The molecular weight excluding hydrogens is 683 g/mol. The lowest BCUT2D eigenvalue weighted by atomic mass is 9.99. The van der Waals surface area contributed by atoms with Crippen molar-refractivity contribution in [3.63, 3.8) is 0 Å². The zero-order valence-electron chi connectivity index (χ0n) is 50.1. The molecule has 0 aliphatic carbocycles.